The molecule has 7 nitrogen and oxygen atoms in total. The van der Waals surface area contributed by atoms with Gasteiger partial charge in [0, 0.05) is 6.54 Å². The first-order chi connectivity index (χ1) is 12.0. The van der Waals surface area contributed by atoms with E-state index in [1.54, 1.807) is 38.3 Å². The van der Waals surface area contributed by atoms with Crippen LogP contribution in [0.25, 0.3) is 22.6 Å². The number of aliphatic hydroxyl groups excluding tert-OH is 1. The second kappa shape index (κ2) is 7.06. The van der Waals surface area contributed by atoms with Crippen LogP contribution in [-0.2, 0) is 0 Å². The lowest BCUT2D eigenvalue weighted by Gasteiger charge is -2.14. The van der Waals surface area contributed by atoms with E-state index in [0.29, 0.717) is 46.8 Å². The summed E-state index contributed by atoms with van der Waals surface area (Å²) in [5.74, 6) is 0.478. The molecule has 3 rings (SSSR count). The lowest BCUT2D eigenvalue weighted by atomic mass is 10.0. The van der Waals surface area contributed by atoms with Crippen molar-refractivity contribution in [2.24, 2.45) is 5.92 Å². The molecule has 0 aromatic carbocycles. The van der Waals surface area contributed by atoms with Crippen LogP contribution in [0.4, 0.5) is 0 Å². The average molecular weight is 343 g/mol. The molecule has 0 bridgehead atoms. The maximum absolute atomic E-state index is 12.7. The van der Waals surface area contributed by atoms with Crippen molar-refractivity contribution >= 4 is 17.0 Å². The minimum Gasteiger partial charge on any atom is -0.463 e. The normalized spacial score (nSPS) is 13.8. The van der Waals surface area contributed by atoms with Crippen molar-refractivity contribution < 1.29 is 18.8 Å². The first-order valence-corrected chi connectivity index (χ1v) is 8.23. The van der Waals surface area contributed by atoms with Gasteiger partial charge in [-0.1, -0.05) is 12.1 Å². The molecule has 1 amide bonds. The number of fused-ring (bicyclic) bond motifs is 1. The van der Waals surface area contributed by atoms with E-state index in [9.17, 15) is 9.90 Å². The fourth-order valence-electron chi connectivity index (χ4n) is 2.85. The van der Waals surface area contributed by atoms with Crippen LogP contribution in [0.3, 0.4) is 0 Å². The zero-order valence-electron chi connectivity index (χ0n) is 14.4. The van der Waals surface area contributed by atoms with Crippen molar-refractivity contribution in [3.8, 4) is 11.5 Å². The lowest BCUT2D eigenvalue weighted by molar-refractivity contribution is 0.0941. The van der Waals surface area contributed by atoms with Crippen LogP contribution < -0.4 is 5.32 Å². The number of nitrogens with zero attached hydrogens (tertiary/aromatic N) is 2. The molecular formula is C18H21N3O4. The van der Waals surface area contributed by atoms with Gasteiger partial charge in [-0.15, -0.1) is 0 Å². The zero-order valence-corrected chi connectivity index (χ0v) is 14.4. The van der Waals surface area contributed by atoms with Crippen LogP contribution >= 0.6 is 0 Å². The van der Waals surface area contributed by atoms with Crippen LogP contribution in [0.15, 0.2) is 33.4 Å². The standard InChI is InChI=1S/C18H21N3O4/c1-10(7-11(2)22)9-19-17(23)13-8-14(15-5-4-6-24-15)20-18-16(13)12(3)21-25-18/h4-6,8,10-11,22H,7,9H2,1-3H3,(H,19,23). The Labute approximate surface area is 145 Å². The zero-order chi connectivity index (χ0) is 18.0. The average Bonchev–Trinajstić information content (AvgIpc) is 3.21. The van der Waals surface area contributed by atoms with Gasteiger partial charge in [-0.05, 0) is 44.4 Å². The number of furan rings is 1. The number of pyridine rings is 1. The number of hydrogen-bond donors (Lipinski definition) is 2. The second-order valence-electron chi connectivity index (χ2n) is 6.38. The Kier molecular flexibility index (Phi) is 4.85. The van der Waals surface area contributed by atoms with Crippen molar-refractivity contribution in [2.45, 2.75) is 33.3 Å². The molecule has 3 aromatic heterocycles. The molecule has 25 heavy (non-hydrogen) atoms. The van der Waals surface area contributed by atoms with Gasteiger partial charge >= 0.3 is 0 Å². The minimum atomic E-state index is -0.398. The van der Waals surface area contributed by atoms with Crippen LogP contribution in [0.5, 0.6) is 0 Å². The third-order valence-electron chi connectivity index (χ3n) is 3.99. The highest BCUT2D eigenvalue weighted by Gasteiger charge is 2.20. The van der Waals surface area contributed by atoms with Gasteiger partial charge in [0.25, 0.3) is 11.6 Å². The van der Waals surface area contributed by atoms with E-state index in [-0.39, 0.29) is 11.8 Å². The van der Waals surface area contributed by atoms with Gasteiger partial charge in [0.15, 0.2) is 5.76 Å². The van der Waals surface area contributed by atoms with Crippen molar-refractivity contribution in [1.29, 1.82) is 0 Å². The molecule has 0 radical (unpaired) electrons. The summed E-state index contributed by atoms with van der Waals surface area (Å²) in [6.07, 6.45) is 1.77. The molecule has 3 aromatic rings. The maximum atomic E-state index is 12.7. The largest absolute Gasteiger partial charge is 0.463 e. The number of aromatic nitrogens is 2. The highest BCUT2D eigenvalue weighted by atomic mass is 16.5. The summed E-state index contributed by atoms with van der Waals surface area (Å²) < 4.78 is 10.6. The van der Waals surface area contributed by atoms with Gasteiger partial charge in [0.1, 0.15) is 5.69 Å². The number of carbonyl (C=O) groups is 1. The molecule has 2 unspecified atom stereocenters. The van der Waals surface area contributed by atoms with Crippen LogP contribution in [0, 0.1) is 12.8 Å². The first-order valence-electron chi connectivity index (χ1n) is 8.23. The Morgan fingerprint density at radius 3 is 2.88 bits per heavy atom. The fourth-order valence-corrected chi connectivity index (χ4v) is 2.85. The molecule has 7 heteroatoms. The molecule has 132 valence electrons. The van der Waals surface area contributed by atoms with Gasteiger partial charge < -0.3 is 19.4 Å². The van der Waals surface area contributed by atoms with Crippen LogP contribution in [0.2, 0.25) is 0 Å². The summed E-state index contributed by atoms with van der Waals surface area (Å²) in [4.78, 5) is 17.1. The summed E-state index contributed by atoms with van der Waals surface area (Å²) in [6.45, 7) is 5.95. The van der Waals surface area contributed by atoms with Gasteiger partial charge in [-0.2, -0.15) is 0 Å². The molecule has 0 spiro atoms. The number of aryl methyl sites for hydroxylation is 1. The topological polar surface area (TPSA) is 101 Å². The Balaban J connectivity index is 1.91. The lowest BCUT2D eigenvalue weighted by Crippen LogP contribution is -2.29. The third-order valence-corrected chi connectivity index (χ3v) is 3.99. The predicted octanol–water partition coefficient (Wildman–Crippen LogP) is 2.93. The summed E-state index contributed by atoms with van der Waals surface area (Å²) in [5, 5.41) is 16.9. The molecule has 0 aliphatic carbocycles. The van der Waals surface area contributed by atoms with E-state index >= 15 is 0 Å². The smallest absolute Gasteiger partial charge is 0.259 e. The van der Waals surface area contributed by atoms with Crippen LogP contribution in [-0.4, -0.2) is 33.8 Å². The Hall–Kier alpha value is -2.67. The van der Waals surface area contributed by atoms with Gasteiger partial charge in [0.05, 0.1) is 29.0 Å². The van der Waals surface area contributed by atoms with Crippen molar-refractivity contribution in [1.82, 2.24) is 15.5 Å². The van der Waals surface area contributed by atoms with E-state index in [2.05, 4.69) is 15.5 Å². The summed E-state index contributed by atoms with van der Waals surface area (Å²) in [6, 6.07) is 5.20. The van der Waals surface area contributed by atoms with E-state index in [1.807, 2.05) is 6.92 Å². The van der Waals surface area contributed by atoms with E-state index in [0.717, 1.165) is 0 Å². The molecule has 2 N–H and O–H groups in total. The van der Waals surface area contributed by atoms with Crippen molar-refractivity contribution in [2.75, 3.05) is 6.54 Å². The van der Waals surface area contributed by atoms with Gasteiger partial charge in [0.2, 0.25) is 0 Å². The summed E-state index contributed by atoms with van der Waals surface area (Å²) in [7, 11) is 0. The molecule has 0 saturated carbocycles. The van der Waals surface area contributed by atoms with Gasteiger partial charge in [-0.3, -0.25) is 4.79 Å². The third kappa shape index (κ3) is 3.71. The quantitative estimate of drug-likeness (QED) is 0.713. The summed E-state index contributed by atoms with van der Waals surface area (Å²) in [5.41, 5.74) is 1.86. The monoisotopic (exact) mass is 343 g/mol. The van der Waals surface area contributed by atoms with Crippen molar-refractivity contribution in [3.63, 3.8) is 0 Å². The SMILES string of the molecule is Cc1noc2nc(-c3ccco3)cc(C(=O)NCC(C)CC(C)O)c12. The predicted molar refractivity (Wildman–Crippen MR) is 92.0 cm³/mol. The highest BCUT2D eigenvalue weighted by molar-refractivity contribution is 6.06. The minimum absolute atomic E-state index is 0.161. The van der Waals surface area contributed by atoms with E-state index < -0.39 is 6.10 Å². The highest BCUT2D eigenvalue weighted by Crippen LogP contribution is 2.27. The number of rotatable bonds is 6. The molecule has 3 heterocycles. The molecular weight excluding hydrogens is 322 g/mol. The van der Waals surface area contributed by atoms with Gasteiger partial charge in [-0.25, -0.2) is 4.98 Å². The second-order valence-corrected chi connectivity index (χ2v) is 6.38. The number of carbonyl (C=O) groups excluding carboxylic acids is 1. The number of aliphatic hydroxyl groups is 1. The number of amides is 1. The van der Waals surface area contributed by atoms with E-state index in [1.165, 1.54) is 0 Å². The number of hydrogen-bond acceptors (Lipinski definition) is 6. The maximum Gasteiger partial charge on any atom is 0.259 e. The molecule has 2 atom stereocenters. The van der Waals surface area contributed by atoms with Crippen LogP contribution in [0.1, 0.15) is 36.3 Å². The molecule has 0 saturated heterocycles. The van der Waals surface area contributed by atoms with E-state index in [4.69, 9.17) is 8.94 Å². The number of nitrogens with one attached hydrogen (secondary N) is 1. The molecule has 0 fully saturated rings. The Morgan fingerprint density at radius 1 is 1.40 bits per heavy atom. The summed E-state index contributed by atoms with van der Waals surface area (Å²) >= 11 is 0. The Morgan fingerprint density at radius 2 is 2.20 bits per heavy atom. The molecule has 0 aliphatic rings. The van der Waals surface area contributed by atoms with Crippen molar-refractivity contribution in [3.05, 3.63) is 35.7 Å². The first kappa shape index (κ1) is 17.2. The fraction of sp³-hybridized carbons (Fsp3) is 0.389. The molecule has 0 aliphatic heterocycles. The Bertz CT molecular complexity index is 868.